The van der Waals surface area contributed by atoms with Crippen LogP contribution >= 0.6 is 11.3 Å². The first-order chi connectivity index (χ1) is 16.1. The fourth-order valence-electron chi connectivity index (χ4n) is 4.16. The highest BCUT2D eigenvalue weighted by atomic mass is 32.1. The SMILES string of the molecule is CC.O=C1Nc2ccc(-c3cccs3)cc2C(=O)N2CCN(C(=O)Cc3ccccc3)CC12. The molecule has 1 atom stereocenters. The number of hydrogen-bond acceptors (Lipinski definition) is 4. The van der Waals surface area contributed by atoms with Gasteiger partial charge < -0.3 is 15.1 Å². The molecule has 7 heteroatoms. The van der Waals surface area contributed by atoms with E-state index in [1.165, 1.54) is 0 Å². The molecular formula is C26H27N3O3S. The molecule has 0 radical (unpaired) electrons. The lowest BCUT2D eigenvalue weighted by Crippen LogP contribution is -2.59. The van der Waals surface area contributed by atoms with Crippen molar-refractivity contribution < 1.29 is 14.4 Å². The van der Waals surface area contributed by atoms with Crippen LogP contribution in [0, 0.1) is 0 Å². The van der Waals surface area contributed by atoms with E-state index in [0.717, 1.165) is 16.0 Å². The van der Waals surface area contributed by atoms with Crippen LogP contribution in [0.15, 0.2) is 66.0 Å². The van der Waals surface area contributed by atoms with Gasteiger partial charge in [-0.1, -0.05) is 56.3 Å². The van der Waals surface area contributed by atoms with Crippen LogP contribution in [-0.2, 0) is 16.0 Å². The molecule has 3 aromatic rings. The zero-order valence-corrected chi connectivity index (χ0v) is 19.6. The van der Waals surface area contributed by atoms with E-state index >= 15 is 0 Å². The number of rotatable bonds is 3. The Hall–Kier alpha value is -3.45. The first-order valence-electron chi connectivity index (χ1n) is 11.2. The van der Waals surface area contributed by atoms with Gasteiger partial charge in [-0.25, -0.2) is 0 Å². The number of hydrogen-bond donors (Lipinski definition) is 1. The summed E-state index contributed by atoms with van der Waals surface area (Å²) in [5.41, 5.74) is 2.90. The van der Waals surface area contributed by atoms with Crippen LogP contribution in [0.3, 0.4) is 0 Å². The second kappa shape index (κ2) is 10.0. The van der Waals surface area contributed by atoms with Gasteiger partial charge in [-0.3, -0.25) is 14.4 Å². The normalized spacial score (nSPS) is 17.2. The Kier molecular flexibility index (Phi) is 6.89. The maximum atomic E-state index is 13.3. The van der Waals surface area contributed by atoms with E-state index in [1.807, 2.05) is 73.8 Å². The predicted octanol–water partition coefficient (Wildman–Crippen LogP) is 4.29. The molecule has 2 aliphatic heterocycles. The average Bonchev–Trinajstić information content (AvgIpc) is 3.37. The number of anilines is 1. The van der Waals surface area contributed by atoms with E-state index in [1.54, 1.807) is 27.2 Å². The number of fused-ring (bicyclic) bond motifs is 2. The van der Waals surface area contributed by atoms with Gasteiger partial charge in [0.15, 0.2) is 0 Å². The molecule has 2 aromatic carbocycles. The molecule has 1 N–H and O–H groups in total. The van der Waals surface area contributed by atoms with Crippen molar-refractivity contribution in [2.75, 3.05) is 25.0 Å². The Morgan fingerprint density at radius 1 is 1.03 bits per heavy atom. The third-order valence-electron chi connectivity index (χ3n) is 5.81. The van der Waals surface area contributed by atoms with Crippen molar-refractivity contribution in [3.05, 3.63) is 77.2 Å². The van der Waals surface area contributed by atoms with E-state index in [-0.39, 0.29) is 30.7 Å². The van der Waals surface area contributed by atoms with Crippen molar-refractivity contribution in [3.8, 4) is 10.4 Å². The standard InChI is InChI=1S/C24H21N3O3S.C2H6/c28-22(13-16-5-2-1-3-6-16)26-10-11-27-20(15-26)23(29)25-19-9-8-17(14-18(19)24(27)30)21-7-4-12-31-21;1-2/h1-9,12,14,20H,10-11,13,15H2,(H,25,29);1-2H3. The molecule has 2 aliphatic rings. The van der Waals surface area contributed by atoms with Gasteiger partial charge in [0.05, 0.1) is 24.2 Å². The fraction of sp³-hybridized carbons (Fsp3) is 0.269. The van der Waals surface area contributed by atoms with Gasteiger partial charge in [0.2, 0.25) is 11.8 Å². The highest BCUT2D eigenvalue weighted by Gasteiger charge is 2.40. The molecule has 5 rings (SSSR count). The van der Waals surface area contributed by atoms with Crippen molar-refractivity contribution in [2.24, 2.45) is 0 Å². The van der Waals surface area contributed by atoms with Gasteiger partial charge in [-0.05, 0) is 34.7 Å². The van der Waals surface area contributed by atoms with Gasteiger partial charge in [-0.2, -0.15) is 0 Å². The summed E-state index contributed by atoms with van der Waals surface area (Å²) in [5, 5.41) is 4.89. The highest BCUT2D eigenvalue weighted by Crippen LogP contribution is 2.32. The lowest BCUT2D eigenvalue weighted by atomic mass is 10.1. The van der Waals surface area contributed by atoms with Crippen molar-refractivity contribution in [1.82, 2.24) is 9.80 Å². The van der Waals surface area contributed by atoms with Crippen LogP contribution in [0.2, 0.25) is 0 Å². The first-order valence-corrected chi connectivity index (χ1v) is 12.1. The average molecular weight is 462 g/mol. The molecule has 1 saturated heterocycles. The van der Waals surface area contributed by atoms with Crippen LogP contribution < -0.4 is 5.32 Å². The molecular weight excluding hydrogens is 434 g/mol. The second-order valence-corrected chi connectivity index (χ2v) is 8.69. The van der Waals surface area contributed by atoms with E-state index in [2.05, 4.69) is 5.32 Å². The quantitative estimate of drug-likeness (QED) is 0.633. The molecule has 6 nitrogen and oxygen atoms in total. The van der Waals surface area contributed by atoms with Gasteiger partial charge in [0.25, 0.3) is 5.91 Å². The smallest absolute Gasteiger partial charge is 0.256 e. The van der Waals surface area contributed by atoms with Crippen molar-refractivity contribution in [2.45, 2.75) is 26.3 Å². The third kappa shape index (κ3) is 4.68. The molecule has 0 aliphatic carbocycles. The molecule has 170 valence electrons. The van der Waals surface area contributed by atoms with Crippen LogP contribution in [0.25, 0.3) is 10.4 Å². The topological polar surface area (TPSA) is 69.7 Å². The minimum atomic E-state index is -0.696. The predicted molar refractivity (Wildman–Crippen MR) is 131 cm³/mol. The maximum Gasteiger partial charge on any atom is 0.256 e. The second-order valence-electron chi connectivity index (χ2n) is 7.74. The Morgan fingerprint density at radius 3 is 2.55 bits per heavy atom. The lowest BCUT2D eigenvalue weighted by molar-refractivity contribution is -0.135. The maximum absolute atomic E-state index is 13.3. The molecule has 0 saturated carbocycles. The largest absolute Gasteiger partial charge is 0.338 e. The van der Waals surface area contributed by atoms with Crippen molar-refractivity contribution in [1.29, 1.82) is 0 Å². The molecule has 1 fully saturated rings. The van der Waals surface area contributed by atoms with E-state index in [9.17, 15) is 14.4 Å². The summed E-state index contributed by atoms with van der Waals surface area (Å²) in [6, 6.07) is 18.4. The third-order valence-corrected chi connectivity index (χ3v) is 6.73. The van der Waals surface area contributed by atoms with E-state index in [4.69, 9.17) is 0 Å². The summed E-state index contributed by atoms with van der Waals surface area (Å²) in [7, 11) is 0. The number of piperazine rings is 1. The minimum absolute atomic E-state index is 0.0344. The summed E-state index contributed by atoms with van der Waals surface area (Å²) in [4.78, 5) is 43.5. The van der Waals surface area contributed by atoms with Crippen LogP contribution in [0.1, 0.15) is 29.8 Å². The van der Waals surface area contributed by atoms with Crippen LogP contribution in [0.4, 0.5) is 5.69 Å². The van der Waals surface area contributed by atoms with Gasteiger partial charge in [0, 0.05) is 18.0 Å². The monoisotopic (exact) mass is 461 g/mol. The number of carbonyl (C=O) groups is 3. The van der Waals surface area contributed by atoms with Gasteiger partial charge in [0.1, 0.15) is 6.04 Å². The minimum Gasteiger partial charge on any atom is -0.338 e. The number of carbonyl (C=O) groups excluding carboxylic acids is 3. The Morgan fingerprint density at radius 2 is 1.82 bits per heavy atom. The van der Waals surface area contributed by atoms with Crippen molar-refractivity contribution in [3.63, 3.8) is 0 Å². The van der Waals surface area contributed by atoms with E-state index in [0.29, 0.717) is 24.3 Å². The summed E-state index contributed by atoms with van der Waals surface area (Å²) in [6.07, 6.45) is 0.285. The lowest BCUT2D eigenvalue weighted by Gasteiger charge is -2.39. The Bertz CT molecular complexity index is 1140. The summed E-state index contributed by atoms with van der Waals surface area (Å²) < 4.78 is 0. The van der Waals surface area contributed by atoms with Gasteiger partial charge in [-0.15, -0.1) is 11.3 Å². The van der Waals surface area contributed by atoms with Crippen LogP contribution in [-0.4, -0.2) is 53.2 Å². The Labute approximate surface area is 197 Å². The zero-order chi connectivity index (χ0) is 23.4. The van der Waals surface area contributed by atoms with Gasteiger partial charge >= 0.3 is 0 Å². The molecule has 0 bridgehead atoms. The molecule has 3 amide bonds. The first kappa shape index (κ1) is 22.7. The number of thiophene rings is 1. The molecule has 33 heavy (non-hydrogen) atoms. The number of amides is 3. The fourth-order valence-corrected chi connectivity index (χ4v) is 4.88. The van der Waals surface area contributed by atoms with Crippen LogP contribution in [0.5, 0.6) is 0 Å². The van der Waals surface area contributed by atoms with Crippen molar-refractivity contribution >= 4 is 34.7 Å². The number of benzene rings is 2. The summed E-state index contributed by atoms with van der Waals surface area (Å²) in [5.74, 6) is -0.465. The highest BCUT2D eigenvalue weighted by molar-refractivity contribution is 7.13. The Balaban J connectivity index is 0.00000126. The summed E-state index contributed by atoms with van der Waals surface area (Å²) in [6.45, 7) is 4.95. The number of nitrogens with zero attached hydrogens (tertiary/aromatic N) is 2. The molecule has 1 aromatic heterocycles. The summed E-state index contributed by atoms with van der Waals surface area (Å²) >= 11 is 1.60. The van der Waals surface area contributed by atoms with E-state index < -0.39 is 6.04 Å². The number of nitrogens with one attached hydrogen (secondary N) is 1. The zero-order valence-electron chi connectivity index (χ0n) is 18.8. The molecule has 1 unspecified atom stereocenters. The molecule has 3 heterocycles. The molecule has 0 spiro atoms.